The van der Waals surface area contributed by atoms with Crippen LogP contribution in [-0.4, -0.2) is 47.9 Å². The molecule has 3 atom stereocenters. The monoisotopic (exact) mass is 531 g/mol. The number of hydrogen-bond acceptors (Lipinski definition) is 8. The second-order valence-corrected chi connectivity index (χ2v) is 10.5. The van der Waals surface area contributed by atoms with Crippen molar-refractivity contribution in [3.05, 3.63) is 77.6 Å². The largest absolute Gasteiger partial charge is 0.392 e. The lowest BCUT2D eigenvalue weighted by Gasteiger charge is -2.42. The van der Waals surface area contributed by atoms with Crippen LogP contribution in [0.15, 0.2) is 49.1 Å². The number of fused-ring (bicyclic) bond motifs is 1. The number of halogens is 2. The molecule has 3 heterocycles. The predicted molar refractivity (Wildman–Crippen MR) is 144 cm³/mol. The third-order valence-electron chi connectivity index (χ3n) is 7.55. The van der Waals surface area contributed by atoms with E-state index in [1.54, 1.807) is 37.8 Å². The van der Waals surface area contributed by atoms with Crippen molar-refractivity contribution in [3.63, 3.8) is 0 Å². The van der Waals surface area contributed by atoms with Crippen molar-refractivity contribution in [2.45, 2.75) is 58.0 Å². The maximum absolute atomic E-state index is 14.6. The Morgan fingerprint density at radius 3 is 2.41 bits per heavy atom. The molecule has 202 valence electrons. The Balaban J connectivity index is 1.57. The van der Waals surface area contributed by atoms with Gasteiger partial charge in [-0.25, -0.2) is 23.7 Å². The van der Waals surface area contributed by atoms with Crippen molar-refractivity contribution < 1.29 is 13.9 Å². The zero-order valence-corrected chi connectivity index (χ0v) is 22.4. The fourth-order valence-electron chi connectivity index (χ4n) is 5.33. The third kappa shape index (κ3) is 4.96. The first-order valence-electron chi connectivity index (χ1n) is 13.1. The van der Waals surface area contributed by atoms with Gasteiger partial charge in [0.15, 0.2) is 0 Å². The smallest absolute Gasteiger partial charge is 0.222 e. The fraction of sp³-hybridized carbons (Fsp3) is 0.379. The lowest BCUT2D eigenvalue weighted by Crippen LogP contribution is -2.40. The minimum absolute atomic E-state index is 0.0851. The lowest BCUT2D eigenvalue weighted by molar-refractivity contribution is 0.208. The third-order valence-corrected chi connectivity index (χ3v) is 7.55. The number of rotatable bonds is 7. The number of nitrogens with zero attached hydrogens (tertiary/aromatic N) is 6. The summed E-state index contributed by atoms with van der Waals surface area (Å²) in [6.45, 7) is 8.35. The molecule has 0 radical (unpaired) electrons. The maximum Gasteiger partial charge on any atom is 0.222 e. The number of aliphatic hydroxyl groups is 1. The Morgan fingerprint density at radius 1 is 1.03 bits per heavy atom. The Morgan fingerprint density at radius 2 is 1.74 bits per heavy atom. The number of anilines is 1. The summed E-state index contributed by atoms with van der Waals surface area (Å²) in [5.41, 5.74) is 3.15. The number of benzene rings is 1. The van der Waals surface area contributed by atoms with Crippen molar-refractivity contribution in [2.75, 3.05) is 11.9 Å². The standard InChI is InChI=1S/C29H31F2N7O/c1-16(2)29(25-15-32-14-24(36-25)19-12-34-28(35-13-19)33-11-18(4)39)9-8-17(3)20-10-23(37-38-27(20)29)26-21(30)6-5-7-22(26)31/h5-7,10,12-18,39H,8-9,11H2,1-4H3,(H,33,34,35)/t17-,18-,29?/m0/s1. The van der Waals surface area contributed by atoms with Crippen LogP contribution in [-0.2, 0) is 5.41 Å². The summed E-state index contributed by atoms with van der Waals surface area (Å²) < 4.78 is 29.1. The van der Waals surface area contributed by atoms with Gasteiger partial charge in [0, 0.05) is 30.7 Å². The molecule has 3 aromatic heterocycles. The first-order chi connectivity index (χ1) is 18.7. The van der Waals surface area contributed by atoms with E-state index in [2.05, 4.69) is 51.2 Å². The van der Waals surface area contributed by atoms with Crippen molar-refractivity contribution in [1.29, 1.82) is 0 Å². The van der Waals surface area contributed by atoms with E-state index in [-0.39, 0.29) is 23.1 Å². The molecule has 0 aliphatic heterocycles. The van der Waals surface area contributed by atoms with Gasteiger partial charge in [0.2, 0.25) is 5.95 Å². The lowest BCUT2D eigenvalue weighted by atomic mass is 9.62. The highest BCUT2D eigenvalue weighted by Crippen LogP contribution is 2.50. The SMILES string of the molecule is CC(C)C1(c2cncc(-c3cnc(NC[C@H](C)O)nc3)n2)CC[C@H](C)c2cc(-c3c(F)cccc3F)nnc21. The number of aliphatic hydroxyl groups excluding tert-OH is 1. The first-order valence-corrected chi connectivity index (χ1v) is 13.1. The summed E-state index contributed by atoms with van der Waals surface area (Å²) in [5.74, 6) is -0.717. The summed E-state index contributed by atoms with van der Waals surface area (Å²) in [7, 11) is 0. The summed E-state index contributed by atoms with van der Waals surface area (Å²) in [6, 6.07) is 5.56. The topological polar surface area (TPSA) is 110 Å². The van der Waals surface area contributed by atoms with Gasteiger partial charge in [0.05, 0.1) is 46.1 Å². The number of nitrogens with one attached hydrogen (secondary N) is 1. The molecule has 1 aromatic carbocycles. The highest BCUT2D eigenvalue weighted by atomic mass is 19.1. The molecule has 0 spiro atoms. The van der Waals surface area contributed by atoms with E-state index in [1.807, 2.05) is 0 Å². The molecule has 1 aliphatic carbocycles. The Kier molecular flexibility index (Phi) is 7.31. The van der Waals surface area contributed by atoms with E-state index in [4.69, 9.17) is 4.98 Å². The molecule has 0 saturated carbocycles. The van der Waals surface area contributed by atoms with Gasteiger partial charge in [-0.1, -0.05) is 26.8 Å². The van der Waals surface area contributed by atoms with E-state index >= 15 is 0 Å². The van der Waals surface area contributed by atoms with Crippen LogP contribution in [0.5, 0.6) is 0 Å². The molecule has 0 amide bonds. The van der Waals surface area contributed by atoms with E-state index in [0.29, 0.717) is 23.8 Å². The molecule has 0 bridgehead atoms. The molecule has 0 saturated heterocycles. The second-order valence-electron chi connectivity index (χ2n) is 10.5. The minimum atomic E-state index is -0.671. The molecule has 4 aromatic rings. The Hall–Kier alpha value is -3.92. The van der Waals surface area contributed by atoms with Crippen LogP contribution < -0.4 is 5.32 Å². The van der Waals surface area contributed by atoms with Gasteiger partial charge >= 0.3 is 0 Å². The van der Waals surface area contributed by atoms with E-state index in [0.717, 1.165) is 29.8 Å². The first kappa shape index (κ1) is 26.7. The Bertz CT molecular complexity index is 1460. The zero-order chi connectivity index (χ0) is 27.7. The molecule has 1 aliphatic rings. The normalized spacial score (nSPS) is 19.5. The molecule has 10 heteroatoms. The van der Waals surface area contributed by atoms with Crippen LogP contribution in [0, 0.1) is 17.6 Å². The van der Waals surface area contributed by atoms with Crippen LogP contribution >= 0.6 is 0 Å². The molecule has 2 N–H and O–H groups in total. The van der Waals surface area contributed by atoms with Gasteiger partial charge in [-0.15, -0.1) is 5.10 Å². The summed E-state index contributed by atoms with van der Waals surface area (Å²) in [5, 5.41) is 21.4. The fourth-order valence-corrected chi connectivity index (χ4v) is 5.33. The highest BCUT2D eigenvalue weighted by Gasteiger charge is 2.46. The summed E-state index contributed by atoms with van der Waals surface area (Å²) in [4.78, 5) is 18.2. The minimum Gasteiger partial charge on any atom is -0.392 e. The second kappa shape index (κ2) is 10.7. The van der Waals surface area contributed by atoms with E-state index in [9.17, 15) is 13.9 Å². The number of hydrogen-bond donors (Lipinski definition) is 2. The van der Waals surface area contributed by atoms with Gasteiger partial charge in [-0.2, -0.15) is 5.10 Å². The summed E-state index contributed by atoms with van der Waals surface area (Å²) in [6.07, 6.45) is 7.86. The quantitative estimate of drug-likeness (QED) is 0.331. The highest BCUT2D eigenvalue weighted by molar-refractivity contribution is 5.62. The van der Waals surface area contributed by atoms with Crippen LogP contribution in [0.3, 0.4) is 0 Å². The van der Waals surface area contributed by atoms with Crippen molar-refractivity contribution >= 4 is 5.95 Å². The van der Waals surface area contributed by atoms with Crippen LogP contribution in [0.25, 0.3) is 22.5 Å². The van der Waals surface area contributed by atoms with Crippen LogP contribution in [0.1, 0.15) is 63.4 Å². The van der Waals surface area contributed by atoms with Crippen LogP contribution in [0.2, 0.25) is 0 Å². The van der Waals surface area contributed by atoms with Crippen molar-refractivity contribution in [1.82, 2.24) is 30.1 Å². The average molecular weight is 532 g/mol. The molecular formula is C29H31F2N7O. The van der Waals surface area contributed by atoms with E-state index < -0.39 is 23.2 Å². The Labute approximate surface area is 226 Å². The maximum atomic E-state index is 14.6. The van der Waals surface area contributed by atoms with Gasteiger partial charge in [-0.05, 0) is 55.4 Å². The van der Waals surface area contributed by atoms with Crippen LogP contribution in [0.4, 0.5) is 14.7 Å². The van der Waals surface area contributed by atoms with Gasteiger partial charge in [0.1, 0.15) is 11.6 Å². The molecule has 5 rings (SSSR count). The number of aromatic nitrogens is 6. The van der Waals surface area contributed by atoms with Gasteiger partial charge in [-0.3, -0.25) is 4.98 Å². The van der Waals surface area contributed by atoms with Gasteiger partial charge in [0.25, 0.3) is 0 Å². The van der Waals surface area contributed by atoms with Gasteiger partial charge < -0.3 is 10.4 Å². The van der Waals surface area contributed by atoms with Crippen molar-refractivity contribution in [2.24, 2.45) is 5.92 Å². The molecule has 0 fully saturated rings. The molecule has 39 heavy (non-hydrogen) atoms. The van der Waals surface area contributed by atoms with E-state index in [1.165, 1.54) is 18.2 Å². The molecular weight excluding hydrogens is 500 g/mol. The zero-order valence-electron chi connectivity index (χ0n) is 22.4. The molecule has 1 unspecified atom stereocenters. The predicted octanol–water partition coefficient (Wildman–Crippen LogP) is 5.30. The molecule has 8 nitrogen and oxygen atoms in total. The average Bonchev–Trinajstić information content (AvgIpc) is 2.92. The van der Waals surface area contributed by atoms with Crippen molar-refractivity contribution in [3.8, 4) is 22.5 Å². The summed E-state index contributed by atoms with van der Waals surface area (Å²) >= 11 is 0.